The van der Waals surface area contributed by atoms with Gasteiger partial charge in [0.25, 0.3) is 0 Å². The Labute approximate surface area is 156 Å². The molecular weight excluding hydrogens is 351 g/mol. The molecule has 0 radical (unpaired) electrons. The molecule has 0 saturated carbocycles. The van der Waals surface area contributed by atoms with Crippen LogP contribution in [0.25, 0.3) is 11.4 Å². The molecule has 0 spiro atoms. The number of amides is 2. The number of aromatic nitrogens is 2. The van der Waals surface area contributed by atoms with Crippen molar-refractivity contribution in [2.24, 2.45) is 0 Å². The molecule has 1 aromatic carbocycles. The minimum absolute atomic E-state index is 0.126. The topological polar surface area (TPSA) is 88.3 Å². The summed E-state index contributed by atoms with van der Waals surface area (Å²) in [6.07, 6.45) is 4.20. The van der Waals surface area contributed by atoms with Gasteiger partial charge in [0.15, 0.2) is 0 Å². The van der Waals surface area contributed by atoms with Crippen LogP contribution in [-0.2, 0) is 16.0 Å². The van der Waals surface area contributed by atoms with Gasteiger partial charge in [-0.25, -0.2) is 4.39 Å². The smallest absolute Gasteiger partial charge is 0.227 e. The van der Waals surface area contributed by atoms with Gasteiger partial charge in [0.1, 0.15) is 5.82 Å². The molecule has 1 N–H and O–H groups in total. The fourth-order valence-electron chi connectivity index (χ4n) is 2.99. The fraction of sp³-hybridized carbons (Fsp3) is 0.474. The predicted octanol–water partition coefficient (Wildman–Crippen LogP) is 2.33. The van der Waals surface area contributed by atoms with Crippen LogP contribution in [0.1, 0.15) is 38.0 Å². The summed E-state index contributed by atoms with van der Waals surface area (Å²) in [6, 6.07) is 5.79. The summed E-state index contributed by atoms with van der Waals surface area (Å²) in [5.74, 6) is 0.429. The van der Waals surface area contributed by atoms with E-state index in [4.69, 9.17) is 4.52 Å². The third kappa shape index (κ3) is 5.60. The third-order valence-corrected chi connectivity index (χ3v) is 4.51. The summed E-state index contributed by atoms with van der Waals surface area (Å²) < 4.78 is 18.1. The predicted molar refractivity (Wildman–Crippen MR) is 96.1 cm³/mol. The molecule has 0 unspecified atom stereocenters. The van der Waals surface area contributed by atoms with Gasteiger partial charge in [-0.1, -0.05) is 11.6 Å². The average molecular weight is 374 g/mol. The van der Waals surface area contributed by atoms with E-state index in [2.05, 4.69) is 15.5 Å². The number of nitrogens with one attached hydrogen (secondary N) is 1. The lowest BCUT2D eigenvalue weighted by molar-refractivity contribution is -0.131. The Hall–Kier alpha value is -2.77. The third-order valence-electron chi connectivity index (χ3n) is 4.51. The molecule has 144 valence electrons. The molecule has 1 aliphatic rings. The molecule has 1 aromatic heterocycles. The normalized spacial score (nSPS) is 14.9. The minimum atomic E-state index is -0.332. The van der Waals surface area contributed by atoms with Crippen LogP contribution >= 0.6 is 0 Å². The summed E-state index contributed by atoms with van der Waals surface area (Å²) in [6.45, 7) is 1.75. The lowest BCUT2D eigenvalue weighted by atomic mass is 10.2. The van der Waals surface area contributed by atoms with Gasteiger partial charge in [0.05, 0.1) is 0 Å². The number of benzene rings is 1. The molecule has 1 aliphatic heterocycles. The molecular formula is C19H23FN4O3. The first kappa shape index (κ1) is 19.0. The van der Waals surface area contributed by atoms with Gasteiger partial charge in [0.2, 0.25) is 23.5 Å². The number of aryl methyl sites for hydroxylation is 1. The van der Waals surface area contributed by atoms with E-state index in [1.165, 1.54) is 12.1 Å². The molecule has 1 fully saturated rings. The van der Waals surface area contributed by atoms with E-state index >= 15 is 0 Å². The lowest BCUT2D eigenvalue weighted by Crippen LogP contribution is -2.38. The van der Waals surface area contributed by atoms with Crippen molar-refractivity contribution < 1.29 is 18.5 Å². The highest BCUT2D eigenvalue weighted by Crippen LogP contribution is 2.16. The average Bonchev–Trinajstić information content (AvgIpc) is 3.04. The molecule has 2 aromatic rings. The van der Waals surface area contributed by atoms with Gasteiger partial charge in [-0.15, -0.1) is 0 Å². The highest BCUT2D eigenvalue weighted by atomic mass is 19.1. The number of hydrogen-bond donors (Lipinski definition) is 1. The Morgan fingerprint density at radius 2 is 2.04 bits per heavy atom. The van der Waals surface area contributed by atoms with Gasteiger partial charge in [-0.3, -0.25) is 9.59 Å². The number of rotatable bonds is 7. The van der Waals surface area contributed by atoms with Gasteiger partial charge < -0.3 is 14.7 Å². The Bertz CT molecular complexity index is 776. The zero-order chi connectivity index (χ0) is 19.1. The maximum Gasteiger partial charge on any atom is 0.227 e. The largest absolute Gasteiger partial charge is 0.354 e. The summed E-state index contributed by atoms with van der Waals surface area (Å²) >= 11 is 0. The highest BCUT2D eigenvalue weighted by molar-refractivity contribution is 5.77. The van der Waals surface area contributed by atoms with Crippen molar-refractivity contribution in [3.63, 3.8) is 0 Å². The van der Waals surface area contributed by atoms with Crippen LogP contribution in [-0.4, -0.2) is 46.5 Å². The van der Waals surface area contributed by atoms with Gasteiger partial charge in [-0.2, -0.15) is 4.98 Å². The van der Waals surface area contributed by atoms with E-state index in [0.717, 1.165) is 25.8 Å². The molecule has 1 saturated heterocycles. The number of halogens is 1. The summed E-state index contributed by atoms with van der Waals surface area (Å²) in [4.78, 5) is 29.9. The quantitative estimate of drug-likeness (QED) is 0.804. The minimum Gasteiger partial charge on any atom is -0.354 e. The van der Waals surface area contributed by atoms with Crippen LogP contribution in [0.3, 0.4) is 0 Å². The van der Waals surface area contributed by atoms with E-state index in [0.29, 0.717) is 43.2 Å². The Morgan fingerprint density at radius 1 is 1.22 bits per heavy atom. The number of likely N-dealkylation sites (tertiary alicyclic amines) is 1. The standard InChI is InChI=1S/C19H23FN4O3/c20-15-7-5-14(6-8-15)19-22-17(27-23-19)10-9-16(25)21-11-13-24-12-3-1-2-4-18(24)26/h5-8H,1-4,9-13H2,(H,21,25). The summed E-state index contributed by atoms with van der Waals surface area (Å²) in [7, 11) is 0. The van der Waals surface area contributed by atoms with Crippen LogP contribution < -0.4 is 5.32 Å². The summed E-state index contributed by atoms with van der Waals surface area (Å²) in [5.41, 5.74) is 0.651. The summed E-state index contributed by atoms with van der Waals surface area (Å²) in [5, 5.41) is 6.67. The van der Waals surface area contributed by atoms with Crippen molar-refractivity contribution in [1.29, 1.82) is 0 Å². The number of nitrogens with zero attached hydrogens (tertiary/aromatic N) is 3. The van der Waals surface area contributed by atoms with Gasteiger partial charge >= 0.3 is 0 Å². The van der Waals surface area contributed by atoms with Crippen LogP contribution in [0.15, 0.2) is 28.8 Å². The van der Waals surface area contributed by atoms with Crippen molar-refractivity contribution >= 4 is 11.8 Å². The fourth-order valence-corrected chi connectivity index (χ4v) is 2.99. The number of carbonyl (C=O) groups is 2. The van der Waals surface area contributed by atoms with E-state index in [1.807, 2.05) is 4.90 Å². The van der Waals surface area contributed by atoms with Crippen molar-refractivity contribution in [3.05, 3.63) is 36.0 Å². The van der Waals surface area contributed by atoms with E-state index in [-0.39, 0.29) is 24.1 Å². The Balaban J connectivity index is 1.40. The first-order valence-corrected chi connectivity index (χ1v) is 9.25. The van der Waals surface area contributed by atoms with E-state index < -0.39 is 0 Å². The molecule has 7 nitrogen and oxygen atoms in total. The van der Waals surface area contributed by atoms with Gasteiger partial charge in [0, 0.05) is 44.5 Å². The molecule has 0 bridgehead atoms. The SMILES string of the molecule is O=C(CCc1nc(-c2ccc(F)cc2)no1)NCCN1CCCCCC1=O. The van der Waals surface area contributed by atoms with Crippen LogP contribution in [0.5, 0.6) is 0 Å². The number of hydrogen-bond acceptors (Lipinski definition) is 5. The van der Waals surface area contributed by atoms with Crippen LogP contribution in [0, 0.1) is 5.82 Å². The van der Waals surface area contributed by atoms with E-state index in [1.54, 1.807) is 12.1 Å². The Kier molecular flexibility index (Phi) is 6.51. The maximum absolute atomic E-state index is 12.9. The van der Waals surface area contributed by atoms with Crippen molar-refractivity contribution in [2.75, 3.05) is 19.6 Å². The first-order valence-electron chi connectivity index (χ1n) is 9.25. The number of carbonyl (C=O) groups excluding carboxylic acids is 2. The first-order chi connectivity index (χ1) is 13.1. The van der Waals surface area contributed by atoms with Crippen LogP contribution in [0.2, 0.25) is 0 Å². The van der Waals surface area contributed by atoms with Crippen molar-refractivity contribution in [2.45, 2.75) is 38.5 Å². The molecule has 2 heterocycles. The molecule has 0 atom stereocenters. The lowest BCUT2D eigenvalue weighted by Gasteiger charge is -2.20. The van der Waals surface area contributed by atoms with E-state index in [9.17, 15) is 14.0 Å². The molecule has 2 amide bonds. The zero-order valence-corrected chi connectivity index (χ0v) is 15.1. The monoisotopic (exact) mass is 374 g/mol. The Morgan fingerprint density at radius 3 is 2.85 bits per heavy atom. The van der Waals surface area contributed by atoms with Crippen LogP contribution in [0.4, 0.5) is 4.39 Å². The zero-order valence-electron chi connectivity index (χ0n) is 15.1. The molecule has 3 rings (SSSR count). The molecule has 27 heavy (non-hydrogen) atoms. The second-order valence-corrected chi connectivity index (χ2v) is 6.56. The molecule has 8 heteroatoms. The highest BCUT2D eigenvalue weighted by Gasteiger charge is 2.16. The molecule has 0 aliphatic carbocycles. The van der Waals surface area contributed by atoms with Crippen molar-refractivity contribution in [3.8, 4) is 11.4 Å². The maximum atomic E-state index is 12.9. The van der Waals surface area contributed by atoms with Crippen molar-refractivity contribution in [1.82, 2.24) is 20.4 Å². The second kappa shape index (κ2) is 9.25. The van der Waals surface area contributed by atoms with Gasteiger partial charge in [-0.05, 0) is 37.1 Å². The second-order valence-electron chi connectivity index (χ2n) is 6.56.